The van der Waals surface area contributed by atoms with E-state index in [-0.39, 0.29) is 11.0 Å². The van der Waals surface area contributed by atoms with E-state index in [4.69, 9.17) is 28.9 Å². The van der Waals surface area contributed by atoms with Crippen molar-refractivity contribution in [3.63, 3.8) is 0 Å². The van der Waals surface area contributed by atoms with E-state index in [9.17, 15) is 4.79 Å². The smallest absolute Gasteiger partial charge is 0.171 e. The van der Waals surface area contributed by atoms with Gasteiger partial charge in [-0.1, -0.05) is 50.4 Å². The van der Waals surface area contributed by atoms with Crippen LogP contribution in [0, 0.1) is 0 Å². The summed E-state index contributed by atoms with van der Waals surface area (Å²) in [4.78, 5) is 19.7. The minimum absolute atomic E-state index is 0.157. The fraction of sp³-hybridized carbons (Fsp3) is 0.154. The molecule has 0 bridgehead atoms. The van der Waals surface area contributed by atoms with Gasteiger partial charge in [0.05, 0.1) is 16.9 Å². The summed E-state index contributed by atoms with van der Waals surface area (Å²) in [5.41, 5.74) is 6.18. The number of benzene rings is 1. The average Bonchev–Trinajstić information content (AvgIpc) is 2.47. The third kappa shape index (κ3) is 4.15. The Morgan fingerprint density at radius 1 is 1.36 bits per heavy atom. The fourth-order valence-corrected chi connectivity index (χ4v) is 3.37. The lowest BCUT2D eigenvalue weighted by atomic mass is 10.3. The van der Waals surface area contributed by atoms with E-state index >= 15 is 0 Å². The largest absolute Gasteiger partial charge is 0.381 e. The monoisotopic (exact) mass is 374 g/mol. The Morgan fingerprint density at radius 2 is 2.09 bits per heavy atom. The first-order chi connectivity index (χ1) is 10.3. The van der Waals surface area contributed by atoms with E-state index in [1.165, 1.54) is 18.0 Å². The van der Waals surface area contributed by atoms with Gasteiger partial charge in [-0.05, 0) is 24.6 Å². The highest BCUT2D eigenvalue weighted by molar-refractivity contribution is 8.01. The summed E-state index contributed by atoms with van der Waals surface area (Å²) in [6.45, 7) is 0. The van der Waals surface area contributed by atoms with Gasteiger partial charge in [-0.15, -0.1) is 0 Å². The van der Waals surface area contributed by atoms with E-state index in [2.05, 4.69) is 14.3 Å². The maximum Gasteiger partial charge on any atom is 0.171 e. The molecule has 1 aromatic heterocycles. The van der Waals surface area contributed by atoms with Crippen molar-refractivity contribution in [3.8, 4) is 0 Å². The summed E-state index contributed by atoms with van der Waals surface area (Å²) in [5.74, 6) is 0.157. The minimum atomic E-state index is -1.84. The highest BCUT2D eigenvalue weighted by Gasteiger charge is 2.10. The van der Waals surface area contributed by atoms with Crippen LogP contribution in [0.1, 0.15) is 0 Å². The van der Waals surface area contributed by atoms with Crippen LogP contribution in [-0.2, 0) is 14.2 Å². The summed E-state index contributed by atoms with van der Waals surface area (Å²) >= 11 is 13.4. The zero-order chi connectivity index (χ0) is 16.3. The molecule has 0 radical (unpaired) electrons. The number of aromatic nitrogens is 2. The first-order valence-corrected chi connectivity index (χ1v) is 9.90. The molecule has 0 amide bonds. The van der Waals surface area contributed by atoms with Gasteiger partial charge in [-0.25, -0.2) is 19.1 Å². The van der Waals surface area contributed by atoms with Crippen molar-refractivity contribution in [2.24, 2.45) is 4.36 Å². The van der Waals surface area contributed by atoms with Gasteiger partial charge in [0, 0.05) is 4.90 Å². The van der Waals surface area contributed by atoms with Crippen LogP contribution in [-0.4, -0.2) is 27.7 Å². The summed E-state index contributed by atoms with van der Waals surface area (Å²) in [5, 5.41) is 3.11. The van der Waals surface area contributed by atoms with Crippen LogP contribution >= 0.6 is 35.0 Å². The van der Waals surface area contributed by atoms with Gasteiger partial charge in [-0.2, -0.15) is 0 Å². The molecular formula is C13H12Cl2N4OS2. The van der Waals surface area contributed by atoms with Gasteiger partial charge >= 0.3 is 0 Å². The maximum absolute atomic E-state index is 10.9. The molecule has 2 rings (SSSR count). The molecule has 0 atom stereocenters. The Morgan fingerprint density at radius 3 is 2.73 bits per heavy atom. The van der Waals surface area contributed by atoms with Crippen molar-refractivity contribution in [3.05, 3.63) is 34.6 Å². The quantitative estimate of drug-likeness (QED) is 0.825. The molecule has 0 unspecified atom stereocenters. The zero-order valence-electron chi connectivity index (χ0n) is 11.7. The van der Waals surface area contributed by atoms with Crippen molar-refractivity contribution >= 4 is 61.1 Å². The Hall–Kier alpha value is -1.24. The van der Waals surface area contributed by atoms with Gasteiger partial charge in [-0.3, -0.25) is 0 Å². The van der Waals surface area contributed by atoms with E-state index in [1.54, 1.807) is 24.6 Å². The fourth-order valence-electron chi connectivity index (χ4n) is 1.45. The van der Waals surface area contributed by atoms with E-state index < -0.39 is 9.41 Å². The number of nitrogens with zero attached hydrogens (tertiary/aromatic N) is 3. The Balaban J connectivity index is 2.43. The third-order valence-electron chi connectivity index (χ3n) is 2.42. The van der Waals surface area contributed by atoms with Gasteiger partial charge in [0.2, 0.25) is 0 Å². The Labute approximate surface area is 142 Å². The SMILES string of the molecule is CS(C)(=C=O)=Nc1cccc(Sc2cnc(Cl)c(N)n2)c1Cl. The van der Waals surface area contributed by atoms with Gasteiger partial charge < -0.3 is 5.73 Å². The Bertz CT molecular complexity index is 864. The number of nitrogen functional groups attached to an aromatic ring is 1. The first kappa shape index (κ1) is 17.1. The highest BCUT2D eigenvalue weighted by Crippen LogP contribution is 2.38. The summed E-state index contributed by atoms with van der Waals surface area (Å²) in [6, 6.07) is 5.38. The molecule has 9 heteroatoms. The average molecular weight is 375 g/mol. The first-order valence-electron chi connectivity index (χ1n) is 5.92. The lowest BCUT2D eigenvalue weighted by molar-refractivity contribution is 0.571. The van der Waals surface area contributed by atoms with Gasteiger partial charge in [0.15, 0.2) is 16.2 Å². The van der Waals surface area contributed by atoms with Gasteiger partial charge in [0.25, 0.3) is 0 Å². The maximum atomic E-state index is 10.9. The predicted molar refractivity (Wildman–Crippen MR) is 94.0 cm³/mol. The standard InChI is InChI=1S/C13H12Cl2N4OS2/c1-22(2,7-20)19-8-4-3-5-9(11(8)14)21-10-6-17-12(15)13(16)18-10/h3-6H,1-2H3,(H2,16,18). The molecule has 0 fully saturated rings. The normalized spacial score (nSPS) is 11.1. The molecule has 22 heavy (non-hydrogen) atoms. The predicted octanol–water partition coefficient (Wildman–Crippen LogP) is 3.81. The summed E-state index contributed by atoms with van der Waals surface area (Å²) in [7, 11) is -1.84. The molecule has 2 N–H and O–H groups in total. The molecule has 116 valence electrons. The summed E-state index contributed by atoms with van der Waals surface area (Å²) in [6.07, 6.45) is 4.99. The van der Waals surface area contributed by atoms with Crippen LogP contribution < -0.4 is 5.73 Å². The van der Waals surface area contributed by atoms with Crippen LogP contribution in [0.15, 0.2) is 38.7 Å². The van der Waals surface area contributed by atoms with E-state index in [0.717, 1.165) is 4.90 Å². The molecule has 1 heterocycles. The number of anilines is 1. The molecule has 2 aromatic rings. The second-order valence-electron chi connectivity index (χ2n) is 4.52. The molecular weight excluding hydrogens is 363 g/mol. The van der Waals surface area contributed by atoms with Crippen molar-refractivity contribution in [1.29, 1.82) is 0 Å². The lowest BCUT2D eigenvalue weighted by Crippen LogP contribution is -1.95. The third-order valence-corrected chi connectivity index (χ3v) is 5.25. The van der Waals surface area contributed by atoms with Crippen LogP contribution in [0.2, 0.25) is 10.2 Å². The van der Waals surface area contributed by atoms with Crippen molar-refractivity contribution < 1.29 is 4.79 Å². The van der Waals surface area contributed by atoms with Crippen molar-refractivity contribution in [2.75, 3.05) is 18.2 Å². The van der Waals surface area contributed by atoms with Crippen LogP contribution in [0.3, 0.4) is 0 Å². The number of nitrogens with two attached hydrogens (primary N) is 1. The molecule has 1 aromatic carbocycles. The Kier molecular flexibility index (Phi) is 5.36. The molecule has 0 aliphatic heterocycles. The molecule has 0 saturated heterocycles. The van der Waals surface area contributed by atoms with Crippen LogP contribution in [0.4, 0.5) is 11.5 Å². The minimum Gasteiger partial charge on any atom is -0.381 e. The van der Waals surface area contributed by atoms with Crippen molar-refractivity contribution in [1.82, 2.24) is 9.97 Å². The number of halogens is 2. The van der Waals surface area contributed by atoms with E-state index in [0.29, 0.717) is 15.7 Å². The summed E-state index contributed by atoms with van der Waals surface area (Å²) < 4.78 is 4.38. The molecule has 0 saturated carbocycles. The lowest BCUT2D eigenvalue weighted by Gasteiger charge is -2.07. The zero-order valence-corrected chi connectivity index (χ0v) is 14.9. The van der Waals surface area contributed by atoms with E-state index in [1.807, 2.05) is 11.3 Å². The highest BCUT2D eigenvalue weighted by atomic mass is 35.5. The molecule has 5 nitrogen and oxygen atoms in total. The second-order valence-corrected chi connectivity index (χ2v) is 9.22. The molecule has 0 aliphatic carbocycles. The number of carbonyl (C=O) groups excluding carboxylic acids is 1. The number of hydrogen-bond donors (Lipinski definition) is 1. The second kappa shape index (κ2) is 6.89. The van der Waals surface area contributed by atoms with Crippen molar-refractivity contribution in [2.45, 2.75) is 9.92 Å². The molecule has 0 spiro atoms. The van der Waals surface area contributed by atoms with Gasteiger partial charge in [0.1, 0.15) is 5.03 Å². The van der Waals surface area contributed by atoms with Crippen LogP contribution in [0.25, 0.3) is 0 Å². The number of rotatable bonds is 3. The van der Waals surface area contributed by atoms with Crippen LogP contribution in [0.5, 0.6) is 0 Å². The topological polar surface area (TPSA) is 81.2 Å². The number of hydrogen-bond acceptors (Lipinski definition) is 6. The molecule has 0 aliphatic rings.